The van der Waals surface area contributed by atoms with Crippen LogP contribution in [0.4, 0.5) is 0 Å². The van der Waals surface area contributed by atoms with Gasteiger partial charge in [0.1, 0.15) is 5.15 Å². The van der Waals surface area contributed by atoms with Crippen LogP contribution in [0.15, 0.2) is 18.3 Å². The van der Waals surface area contributed by atoms with Gasteiger partial charge in [-0.25, -0.2) is 4.98 Å². The van der Waals surface area contributed by atoms with Gasteiger partial charge in [0.2, 0.25) is 0 Å². The van der Waals surface area contributed by atoms with E-state index in [4.69, 9.17) is 11.6 Å². The molecular formula is C12H15ClN2O. The Labute approximate surface area is 100 Å². The summed E-state index contributed by atoms with van der Waals surface area (Å²) >= 11 is 5.79. The number of aromatic nitrogens is 1. The molecule has 1 aromatic heterocycles. The number of rotatable bonds is 3. The lowest BCUT2D eigenvalue weighted by Gasteiger charge is -2.26. The molecule has 2 rings (SSSR count). The Morgan fingerprint density at radius 1 is 1.56 bits per heavy atom. The van der Waals surface area contributed by atoms with Gasteiger partial charge in [-0.2, -0.15) is 0 Å². The average molecular weight is 239 g/mol. The topological polar surface area (TPSA) is 33.2 Å². The molecule has 0 N–H and O–H groups in total. The zero-order valence-corrected chi connectivity index (χ0v) is 10.2. The maximum Gasteiger partial charge on any atom is 0.254 e. The quantitative estimate of drug-likeness (QED) is 0.759. The van der Waals surface area contributed by atoms with Crippen LogP contribution in [0.25, 0.3) is 0 Å². The summed E-state index contributed by atoms with van der Waals surface area (Å²) in [6.07, 6.45) is 3.80. The van der Waals surface area contributed by atoms with Crippen molar-refractivity contribution >= 4 is 17.5 Å². The van der Waals surface area contributed by atoms with Gasteiger partial charge in [0, 0.05) is 23.8 Å². The molecule has 0 aliphatic heterocycles. The minimum Gasteiger partial charge on any atom is -0.333 e. The van der Waals surface area contributed by atoms with Gasteiger partial charge >= 0.3 is 0 Å². The van der Waals surface area contributed by atoms with E-state index >= 15 is 0 Å². The summed E-state index contributed by atoms with van der Waals surface area (Å²) in [5.41, 5.74) is 0.626. The summed E-state index contributed by atoms with van der Waals surface area (Å²) in [6.45, 7) is 4.08. The molecule has 0 aromatic carbocycles. The molecule has 3 nitrogen and oxygen atoms in total. The lowest BCUT2D eigenvalue weighted by molar-refractivity contribution is 0.0690. The number of carbonyl (C=O) groups is 1. The summed E-state index contributed by atoms with van der Waals surface area (Å²) < 4.78 is 0. The smallest absolute Gasteiger partial charge is 0.254 e. The van der Waals surface area contributed by atoms with E-state index in [9.17, 15) is 4.79 Å². The Hall–Kier alpha value is -1.09. The minimum absolute atomic E-state index is 0.0572. The van der Waals surface area contributed by atoms with Crippen molar-refractivity contribution in [2.45, 2.75) is 38.8 Å². The van der Waals surface area contributed by atoms with Crippen LogP contribution in [0, 0.1) is 0 Å². The monoisotopic (exact) mass is 238 g/mol. The van der Waals surface area contributed by atoms with Crippen molar-refractivity contribution in [1.82, 2.24) is 9.88 Å². The molecule has 1 heterocycles. The molecule has 1 saturated carbocycles. The largest absolute Gasteiger partial charge is 0.333 e. The van der Waals surface area contributed by atoms with Crippen molar-refractivity contribution in [1.29, 1.82) is 0 Å². The number of carbonyl (C=O) groups excluding carboxylic acids is 1. The summed E-state index contributed by atoms with van der Waals surface area (Å²) in [5, 5.41) is 0.366. The Bertz CT molecular complexity index is 400. The number of amides is 1. The molecular weight excluding hydrogens is 224 g/mol. The van der Waals surface area contributed by atoms with Crippen molar-refractivity contribution in [2.24, 2.45) is 0 Å². The Morgan fingerprint density at radius 2 is 2.25 bits per heavy atom. The third kappa shape index (κ3) is 2.35. The van der Waals surface area contributed by atoms with Gasteiger partial charge < -0.3 is 4.90 Å². The average Bonchev–Trinajstić information content (AvgIpc) is 3.01. The summed E-state index contributed by atoms with van der Waals surface area (Å²) in [4.78, 5) is 18.1. The maximum atomic E-state index is 12.3. The van der Waals surface area contributed by atoms with Crippen molar-refractivity contribution in [3.63, 3.8) is 0 Å². The maximum absolute atomic E-state index is 12.3. The summed E-state index contributed by atoms with van der Waals surface area (Å²) in [6, 6.07) is 3.99. The van der Waals surface area contributed by atoms with E-state index in [0.29, 0.717) is 16.8 Å². The molecule has 16 heavy (non-hydrogen) atoms. The van der Waals surface area contributed by atoms with E-state index in [0.717, 1.165) is 12.8 Å². The van der Waals surface area contributed by atoms with Crippen LogP contribution >= 0.6 is 11.6 Å². The van der Waals surface area contributed by atoms with Crippen LogP contribution in [0.2, 0.25) is 5.15 Å². The number of hydrogen-bond donors (Lipinski definition) is 0. The number of nitrogens with zero attached hydrogens (tertiary/aromatic N) is 2. The zero-order valence-electron chi connectivity index (χ0n) is 9.48. The molecule has 0 spiro atoms. The fourth-order valence-electron chi connectivity index (χ4n) is 1.86. The molecule has 1 aliphatic rings. The minimum atomic E-state index is 0.0572. The second kappa shape index (κ2) is 4.42. The fourth-order valence-corrected chi connectivity index (χ4v) is 2.03. The van der Waals surface area contributed by atoms with Crippen molar-refractivity contribution in [3.8, 4) is 0 Å². The summed E-state index contributed by atoms with van der Waals surface area (Å²) in [7, 11) is 0. The number of hydrogen-bond acceptors (Lipinski definition) is 2. The highest BCUT2D eigenvalue weighted by molar-refractivity contribution is 6.29. The van der Waals surface area contributed by atoms with Crippen LogP contribution in [0.3, 0.4) is 0 Å². The molecule has 86 valence electrons. The van der Waals surface area contributed by atoms with Gasteiger partial charge in [0.25, 0.3) is 5.91 Å². The lowest BCUT2D eigenvalue weighted by atomic mass is 10.2. The Balaban J connectivity index is 2.22. The molecule has 1 fully saturated rings. The molecule has 0 atom stereocenters. The third-order valence-electron chi connectivity index (χ3n) is 2.70. The van der Waals surface area contributed by atoms with Crippen LogP contribution in [0.5, 0.6) is 0 Å². The van der Waals surface area contributed by atoms with E-state index in [1.807, 2.05) is 18.7 Å². The van der Waals surface area contributed by atoms with Gasteiger partial charge in [0.15, 0.2) is 0 Å². The molecule has 0 radical (unpaired) electrons. The van der Waals surface area contributed by atoms with Gasteiger partial charge in [-0.05, 0) is 38.8 Å². The van der Waals surface area contributed by atoms with Crippen LogP contribution in [-0.4, -0.2) is 27.9 Å². The number of pyridine rings is 1. The Morgan fingerprint density at radius 3 is 2.75 bits per heavy atom. The SMILES string of the molecule is CC(C)N(C(=O)c1ccnc(Cl)c1)C1CC1. The van der Waals surface area contributed by atoms with Gasteiger partial charge in [-0.3, -0.25) is 4.79 Å². The molecule has 1 aliphatic carbocycles. The van der Waals surface area contributed by atoms with Crippen molar-refractivity contribution < 1.29 is 4.79 Å². The van der Waals surface area contributed by atoms with E-state index in [1.54, 1.807) is 18.3 Å². The van der Waals surface area contributed by atoms with Crippen molar-refractivity contribution in [3.05, 3.63) is 29.0 Å². The van der Waals surface area contributed by atoms with E-state index in [-0.39, 0.29) is 11.9 Å². The highest BCUT2D eigenvalue weighted by Gasteiger charge is 2.34. The normalized spacial score (nSPS) is 15.2. The predicted molar refractivity (Wildman–Crippen MR) is 63.6 cm³/mol. The Kier molecular flexibility index (Phi) is 3.15. The molecule has 0 unspecified atom stereocenters. The molecule has 1 aromatic rings. The number of halogens is 1. The zero-order chi connectivity index (χ0) is 11.7. The molecule has 4 heteroatoms. The lowest BCUT2D eigenvalue weighted by Crippen LogP contribution is -2.38. The highest BCUT2D eigenvalue weighted by atomic mass is 35.5. The van der Waals surface area contributed by atoms with Crippen LogP contribution in [-0.2, 0) is 0 Å². The predicted octanol–water partition coefficient (Wildman–Crippen LogP) is 2.75. The molecule has 1 amide bonds. The van der Waals surface area contributed by atoms with E-state index in [2.05, 4.69) is 4.98 Å². The van der Waals surface area contributed by atoms with E-state index < -0.39 is 0 Å². The first kappa shape index (κ1) is 11.4. The first-order chi connectivity index (χ1) is 7.59. The first-order valence-corrected chi connectivity index (χ1v) is 5.91. The standard InChI is InChI=1S/C12H15ClN2O/c1-8(2)15(10-3-4-10)12(16)9-5-6-14-11(13)7-9/h5-8,10H,3-4H2,1-2H3. The van der Waals surface area contributed by atoms with Gasteiger partial charge in [0.05, 0.1) is 0 Å². The highest BCUT2D eigenvalue weighted by Crippen LogP contribution is 2.30. The van der Waals surface area contributed by atoms with Crippen LogP contribution < -0.4 is 0 Å². The van der Waals surface area contributed by atoms with Crippen LogP contribution in [0.1, 0.15) is 37.0 Å². The van der Waals surface area contributed by atoms with Gasteiger partial charge in [-0.1, -0.05) is 11.6 Å². The van der Waals surface area contributed by atoms with Crippen molar-refractivity contribution in [2.75, 3.05) is 0 Å². The summed E-state index contributed by atoms with van der Waals surface area (Å²) in [5.74, 6) is 0.0572. The fraction of sp³-hybridized carbons (Fsp3) is 0.500. The molecule has 0 bridgehead atoms. The second-order valence-corrected chi connectivity index (χ2v) is 4.79. The molecule has 0 saturated heterocycles. The van der Waals surface area contributed by atoms with E-state index in [1.165, 1.54) is 0 Å². The van der Waals surface area contributed by atoms with Gasteiger partial charge in [-0.15, -0.1) is 0 Å². The second-order valence-electron chi connectivity index (χ2n) is 4.40. The first-order valence-electron chi connectivity index (χ1n) is 5.54. The third-order valence-corrected chi connectivity index (χ3v) is 2.91.